The number of nitrogens with zero attached hydrogens (tertiary/aromatic N) is 1. The van der Waals surface area contributed by atoms with Crippen molar-refractivity contribution in [2.75, 3.05) is 0 Å². The molecule has 2 rings (SSSR count). The summed E-state index contributed by atoms with van der Waals surface area (Å²) in [4.78, 5) is 0. The van der Waals surface area contributed by atoms with Crippen LogP contribution in [0.15, 0.2) is 0 Å². The summed E-state index contributed by atoms with van der Waals surface area (Å²) in [6.07, 6.45) is 20.7. The van der Waals surface area contributed by atoms with E-state index in [0.29, 0.717) is 11.8 Å². The van der Waals surface area contributed by atoms with E-state index >= 15 is 0 Å². The normalized spacial score (nSPS) is 32.2. The Bertz CT molecular complexity index is 353. The third-order valence-electron chi connectivity index (χ3n) is 7.09. The van der Waals surface area contributed by atoms with Gasteiger partial charge < -0.3 is 0 Å². The summed E-state index contributed by atoms with van der Waals surface area (Å²) >= 11 is 0. The van der Waals surface area contributed by atoms with Crippen molar-refractivity contribution >= 4 is 0 Å². The van der Waals surface area contributed by atoms with E-state index in [2.05, 4.69) is 19.9 Å². The van der Waals surface area contributed by atoms with Crippen LogP contribution in [0, 0.1) is 40.9 Å². The van der Waals surface area contributed by atoms with Crippen molar-refractivity contribution in [3.63, 3.8) is 0 Å². The molecule has 0 radical (unpaired) electrons. The second kappa shape index (κ2) is 11.2. The van der Waals surface area contributed by atoms with Crippen LogP contribution in [0.5, 0.6) is 0 Å². The van der Waals surface area contributed by atoms with Gasteiger partial charge in [-0.3, -0.25) is 0 Å². The molecule has 0 amide bonds. The topological polar surface area (TPSA) is 23.8 Å². The Morgan fingerprint density at radius 2 is 1.33 bits per heavy atom. The molecule has 0 aromatic heterocycles. The molecule has 2 saturated carbocycles. The number of hydrogen-bond acceptors (Lipinski definition) is 1. The van der Waals surface area contributed by atoms with Crippen molar-refractivity contribution in [2.24, 2.45) is 29.6 Å². The molecule has 1 unspecified atom stereocenters. The van der Waals surface area contributed by atoms with Gasteiger partial charge in [-0.2, -0.15) is 5.26 Å². The van der Waals surface area contributed by atoms with Crippen molar-refractivity contribution in [3.8, 4) is 6.07 Å². The van der Waals surface area contributed by atoms with Crippen LogP contribution in [0.1, 0.15) is 110 Å². The van der Waals surface area contributed by atoms with Gasteiger partial charge in [-0.15, -0.1) is 0 Å². The highest BCUT2D eigenvalue weighted by atomic mass is 14.4. The molecule has 138 valence electrons. The van der Waals surface area contributed by atoms with Gasteiger partial charge in [0.05, 0.1) is 6.07 Å². The molecule has 1 atom stereocenters. The maximum absolute atomic E-state index is 9.72. The predicted octanol–water partition coefficient (Wildman–Crippen LogP) is 7.51. The highest BCUT2D eigenvalue weighted by Crippen LogP contribution is 2.41. The zero-order valence-corrected chi connectivity index (χ0v) is 16.4. The molecule has 0 bridgehead atoms. The Kier molecular flexibility index (Phi) is 9.22. The van der Waals surface area contributed by atoms with Gasteiger partial charge in [0.25, 0.3) is 0 Å². The third-order valence-corrected chi connectivity index (χ3v) is 7.09. The maximum atomic E-state index is 9.72. The van der Waals surface area contributed by atoms with E-state index in [1.807, 2.05) is 0 Å². The van der Waals surface area contributed by atoms with Gasteiger partial charge in [0.1, 0.15) is 0 Å². The number of rotatable bonds is 9. The first-order valence-corrected chi connectivity index (χ1v) is 11.2. The van der Waals surface area contributed by atoms with Gasteiger partial charge in [0.15, 0.2) is 0 Å². The zero-order valence-electron chi connectivity index (χ0n) is 16.4. The first kappa shape index (κ1) is 19.8. The van der Waals surface area contributed by atoms with Crippen molar-refractivity contribution < 1.29 is 0 Å². The lowest BCUT2D eigenvalue weighted by Gasteiger charge is -2.34. The van der Waals surface area contributed by atoms with E-state index in [4.69, 9.17) is 0 Å². The van der Waals surface area contributed by atoms with E-state index in [9.17, 15) is 5.26 Å². The minimum absolute atomic E-state index is 0.356. The lowest BCUT2D eigenvalue weighted by atomic mass is 9.70. The Morgan fingerprint density at radius 3 is 1.92 bits per heavy atom. The molecule has 2 fully saturated rings. The molecule has 0 N–H and O–H groups in total. The van der Waals surface area contributed by atoms with E-state index in [0.717, 1.165) is 17.8 Å². The van der Waals surface area contributed by atoms with Gasteiger partial charge in [-0.1, -0.05) is 90.9 Å². The molecule has 1 nitrogen and oxygen atoms in total. The fraction of sp³-hybridized carbons (Fsp3) is 0.957. The summed E-state index contributed by atoms with van der Waals surface area (Å²) in [6.45, 7) is 4.61. The van der Waals surface area contributed by atoms with Crippen LogP contribution in [0.25, 0.3) is 0 Å². The molecular weight excluding hydrogens is 290 g/mol. The lowest BCUT2D eigenvalue weighted by molar-refractivity contribution is 0.178. The van der Waals surface area contributed by atoms with Crippen LogP contribution in [-0.4, -0.2) is 0 Å². The van der Waals surface area contributed by atoms with Crippen LogP contribution >= 0.6 is 0 Å². The molecule has 0 aromatic carbocycles. The van der Waals surface area contributed by atoms with Gasteiger partial charge >= 0.3 is 0 Å². The quantitative estimate of drug-likeness (QED) is 0.401. The smallest absolute Gasteiger partial charge is 0.0658 e. The van der Waals surface area contributed by atoms with E-state index in [-0.39, 0.29) is 0 Å². The summed E-state index contributed by atoms with van der Waals surface area (Å²) in [6, 6.07) is 2.72. The van der Waals surface area contributed by atoms with E-state index in [1.54, 1.807) is 0 Å². The van der Waals surface area contributed by atoms with Crippen LogP contribution < -0.4 is 0 Å². The standard InChI is InChI=1S/C23H41N/c1-3-5-6-8-20-9-11-21(12-10-20)17-23(18-24)22-15-13-19(7-4-2)14-16-22/h19-23H,3-17H2,1-2H3. The highest BCUT2D eigenvalue weighted by molar-refractivity contribution is 4.92. The van der Waals surface area contributed by atoms with E-state index < -0.39 is 0 Å². The third kappa shape index (κ3) is 6.42. The average Bonchev–Trinajstić information content (AvgIpc) is 2.62. The summed E-state index contributed by atoms with van der Waals surface area (Å²) in [5.74, 6) is 3.88. The van der Waals surface area contributed by atoms with Crippen LogP contribution in [-0.2, 0) is 0 Å². The second-order valence-electron chi connectivity index (χ2n) is 8.92. The molecule has 2 aliphatic rings. The zero-order chi connectivity index (χ0) is 17.2. The first-order chi connectivity index (χ1) is 11.8. The highest BCUT2D eigenvalue weighted by Gasteiger charge is 2.30. The molecule has 0 aromatic rings. The Morgan fingerprint density at radius 1 is 0.750 bits per heavy atom. The molecule has 0 aliphatic heterocycles. The molecule has 0 spiro atoms. The molecule has 2 aliphatic carbocycles. The van der Waals surface area contributed by atoms with Gasteiger partial charge in [0, 0.05) is 5.92 Å². The lowest BCUT2D eigenvalue weighted by Crippen LogP contribution is -2.24. The molecule has 24 heavy (non-hydrogen) atoms. The first-order valence-electron chi connectivity index (χ1n) is 11.2. The summed E-state index contributed by atoms with van der Waals surface area (Å²) in [5, 5.41) is 9.72. The van der Waals surface area contributed by atoms with Crippen LogP contribution in [0.2, 0.25) is 0 Å². The van der Waals surface area contributed by atoms with Gasteiger partial charge in [-0.05, 0) is 42.9 Å². The molecule has 1 heteroatoms. The predicted molar refractivity (Wildman–Crippen MR) is 104 cm³/mol. The Balaban J connectivity index is 1.68. The largest absolute Gasteiger partial charge is 0.198 e. The second-order valence-corrected chi connectivity index (χ2v) is 8.92. The monoisotopic (exact) mass is 331 g/mol. The fourth-order valence-electron chi connectivity index (χ4n) is 5.44. The Labute approximate surface area is 151 Å². The SMILES string of the molecule is CCCCCC1CCC(CC(C#N)C2CCC(CCC)CC2)CC1. The number of nitriles is 1. The summed E-state index contributed by atoms with van der Waals surface area (Å²) in [5.41, 5.74) is 0. The molecule has 0 saturated heterocycles. The minimum atomic E-state index is 0.356. The molecular formula is C23H41N. The average molecular weight is 332 g/mol. The van der Waals surface area contributed by atoms with E-state index in [1.165, 1.54) is 96.3 Å². The number of unbranched alkanes of at least 4 members (excludes halogenated alkanes) is 2. The van der Waals surface area contributed by atoms with Crippen molar-refractivity contribution in [1.82, 2.24) is 0 Å². The number of hydrogen-bond donors (Lipinski definition) is 0. The fourth-order valence-corrected chi connectivity index (χ4v) is 5.44. The maximum Gasteiger partial charge on any atom is 0.0658 e. The van der Waals surface area contributed by atoms with Crippen molar-refractivity contribution in [1.29, 1.82) is 5.26 Å². The Hall–Kier alpha value is -0.510. The van der Waals surface area contributed by atoms with Crippen LogP contribution in [0.3, 0.4) is 0 Å². The van der Waals surface area contributed by atoms with Crippen molar-refractivity contribution in [3.05, 3.63) is 0 Å². The molecule has 0 heterocycles. The van der Waals surface area contributed by atoms with Gasteiger partial charge in [-0.25, -0.2) is 0 Å². The van der Waals surface area contributed by atoms with Gasteiger partial charge in [0.2, 0.25) is 0 Å². The van der Waals surface area contributed by atoms with Crippen molar-refractivity contribution in [2.45, 2.75) is 110 Å². The summed E-state index contributed by atoms with van der Waals surface area (Å²) < 4.78 is 0. The minimum Gasteiger partial charge on any atom is -0.198 e. The summed E-state index contributed by atoms with van der Waals surface area (Å²) in [7, 11) is 0. The van der Waals surface area contributed by atoms with Crippen LogP contribution in [0.4, 0.5) is 0 Å².